The molecule has 0 heterocycles. The molecule has 0 aromatic carbocycles. The Morgan fingerprint density at radius 2 is 1.63 bits per heavy atom. The maximum atomic E-state index is 9.39. The van der Waals surface area contributed by atoms with E-state index < -0.39 is 0 Å². The number of aliphatic hydroxyl groups excluding tert-OH is 1. The molecule has 1 unspecified atom stereocenters. The minimum atomic E-state index is -0.156. The Balaban J connectivity index is 2.49. The van der Waals surface area contributed by atoms with Gasteiger partial charge in [-0.1, -0.05) is 46.0 Å². The Hall–Kier alpha value is -0.120. The van der Waals surface area contributed by atoms with Gasteiger partial charge in [-0.25, -0.2) is 0 Å². The molecule has 0 spiro atoms. The average Bonchev–Trinajstić information content (AvgIpc) is 2.41. The van der Waals surface area contributed by atoms with E-state index in [4.69, 9.17) is 5.73 Å². The third-order valence-corrected chi connectivity index (χ3v) is 5.14. The molecule has 1 saturated carbocycles. The van der Waals surface area contributed by atoms with Crippen molar-refractivity contribution in [1.29, 1.82) is 0 Å². The molecule has 4 N–H and O–H groups in total. The van der Waals surface area contributed by atoms with Crippen molar-refractivity contribution in [3.63, 3.8) is 0 Å². The Labute approximate surface area is 119 Å². The van der Waals surface area contributed by atoms with Gasteiger partial charge in [0, 0.05) is 11.6 Å². The summed E-state index contributed by atoms with van der Waals surface area (Å²) < 4.78 is 0. The second kappa shape index (κ2) is 8.93. The average molecular weight is 270 g/mol. The molecule has 19 heavy (non-hydrogen) atoms. The van der Waals surface area contributed by atoms with Gasteiger partial charge in [0.2, 0.25) is 0 Å². The molecule has 0 saturated heterocycles. The van der Waals surface area contributed by atoms with Crippen molar-refractivity contribution < 1.29 is 5.11 Å². The fourth-order valence-electron chi connectivity index (χ4n) is 3.42. The summed E-state index contributed by atoms with van der Waals surface area (Å²) in [6.45, 7) is 5.48. The lowest BCUT2D eigenvalue weighted by atomic mass is 9.83. The summed E-state index contributed by atoms with van der Waals surface area (Å²) in [7, 11) is 0. The molecule has 0 aromatic heterocycles. The first-order chi connectivity index (χ1) is 9.18. The molecule has 0 amide bonds. The normalized spacial score (nSPS) is 20.8. The van der Waals surface area contributed by atoms with Crippen LogP contribution in [0.4, 0.5) is 0 Å². The summed E-state index contributed by atoms with van der Waals surface area (Å²) in [4.78, 5) is 0. The first kappa shape index (κ1) is 16.9. The summed E-state index contributed by atoms with van der Waals surface area (Å²) in [5.74, 6) is 0.795. The lowest BCUT2D eigenvalue weighted by molar-refractivity contribution is 0.157. The smallest absolute Gasteiger partial charge is 0.0600 e. The van der Waals surface area contributed by atoms with Gasteiger partial charge in [-0.05, 0) is 38.1 Å². The third kappa shape index (κ3) is 5.05. The molecule has 0 radical (unpaired) electrons. The molecule has 1 aliphatic carbocycles. The van der Waals surface area contributed by atoms with E-state index >= 15 is 0 Å². The van der Waals surface area contributed by atoms with Crippen LogP contribution in [-0.2, 0) is 0 Å². The number of rotatable bonds is 7. The molecule has 114 valence electrons. The molecule has 1 fully saturated rings. The minimum absolute atomic E-state index is 0.0688. The van der Waals surface area contributed by atoms with Crippen LogP contribution >= 0.6 is 0 Å². The number of nitrogens with one attached hydrogen (secondary N) is 1. The van der Waals surface area contributed by atoms with E-state index in [0.29, 0.717) is 0 Å². The van der Waals surface area contributed by atoms with E-state index in [1.54, 1.807) is 0 Å². The van der Waals surface area contributed by atoms with Crippen LogP contribution in [0.1, 0.15) is 71.6 Å². The van der Waals surface area contributed by atoms with Crippen molar-refractivity contribution in [2.24, 2.45) is 11.7 Å². The second-order valence-electron chi connectivity index (χ2n) is 6.24. The lowest BCUT2D eigenvalue weighted by Gasteiger charge is -2.39. The zero-order chi connectivity index (χ0) is 14.1. The number of aliphatic hydroxyl groups is 1. The second-order valence-corrected chi connectivity index (χ2v) is 6.24. The molecular formula is C16H34N2O. The van der Waals surface area contributed by atoms with Crippen molar-refractivity contribution in [1.82, 2.24) is 5.32 Å². The maximum Gasteiger partial charge on any atom is 0.0600 e. The van der Waals surface area contributed by atoms with Crippen LogP contribution in [0, 0.1) is 5.92 Å². The quantitative estimate of drug-likeness (QED) is 0.667. The summed E-state index contributed by atoms with van der Waals surface area (Å²) in [6.07, 6.45) is 11.7. The number of hydrogen-bond acceptors (Lipinski definition) is 3. The van der Waals surface area contributed by atoms with Crippen molar-refractivity contribution in [2.45, 2.75) is 83.2 Å². The highest BCUT2D eigenvalue weighted by molar-refractivity contribution is 4.95. The largest absolute Gasteiger partial charge is 0.395 e. The Kier molecular flexibility index (Phi) is 7.96. The van der Waals surface area contributed by atoms with Crippen LogP contribution in [0.3, 0.4) is 0 Å². The zero-order valence-electron chi connectivity index (χ0n) is 13.0. The fraction of sp³-hybridized carbons (Fsp3) is 1.00. The zero-order valence-corrected chi connectivity index (χ0v) is 13.0. The van der Waals surface area contributed by atoms with Crippen LogP contribution < -0.4 is 11.1 Å². The van der Waals surface area contributed by atoms with Gasteiger partial charge in [0.05, 0.1) is 6.61 Å². The first-order valence-electron chi connectivity index (χ1n) is 8.30. The van der Waals surface area contributed by atoms with Crippen molar-refractivity contribution in [3.8, 4) is 0 Å². The lowest BCUT2D eigenvalue weighted by Crippen LogP contribution is -2.60. The molecule has 0 aromatic rings. The van der Waals surface area contributed by atoms with E-state index in [0.717, 1.165) is 25.3 Å². The maximum absolute atomic E-state index is 9.39. The highest BCUT2D eigenvalue weighted by Gasteiger charge is 2.32. The van der Waals surface area contributed by atoms with Gasteiger partial charge in [-0.2, -0.15) is 0 Å². The Morgan fingerprint density at radius 1 is 1.11 bits per heavy atom. The predicted octanol–water partition coefficient (Wildman–Crippen LogP) is 2.81. The number of hydrogen-bond donors (Lipinski definition) is 3. The molecule has 3 heteroatoms. The Bertz CT molecular complexity index is 221. The molecule has 1 rings (SSSR count). The van der Waals surface area contributed by atoms with Crippen LogP contribution in [0.2, 0.25) is 0 Å². The molecule has 3 nitrogen and oxygen atoms in total. The highest BCUT2D eigenvalue weighted by atomic mass is 16.3. The molecule has 0 bridgehead atoms. The summed E-state index contributed by atoms with van der Waals surface area (Å²) in [5, 5.41) is 13.1. The molecular weight excluding hydrogens is 236 g/mol. The first-order valence-corrected chi connectivity index (χ1v) is 8.30. The van der Waals surface area contributed by atoms with Gasteiger partial charge in [0.25, 0.3) is 0 Å². The SMILES string of the molecule is CCC(CC)(NCC1CCCCCCC1)C(N)CO. The monoisotopic (exact) mass is 270 g/mol. The fourth-order valence-corrected chi connectivity index (χ4v) is 3.42. The van der Waals surface area contributed by atoms with E-state index in [9.17, 15) is 5.11 Å². The molecule has 0 aliphatic heterocycles. The van der Waals surface area contributed by atoms with E-state index in [1.807, 2.05) is 0 Å². The van der Waals surface area contributed by atoms with Gasteiger partial charge in [0.1, 0.15) is 0 Å². The van der Waals surface area contributed by atoms with Crippen LogP contribution in [0.15, 0.2) is 0 Å². The predicted molar refractivity (Wildman–Crippen MR) is 82.2 cm³/mol. The van der Waals surface area contributed by atoms with Gasteiger partial charge in [0.15, 0.2) is 0 Å². The van der Waals surface area contributed by atoms with Crippen LogP contribution in [-0.4, -0.2) is 29.8 Å². The third-order valence-electron chi connectivity index (χ3n) is 5.14. The summed E-state index contributed by atoms with van der Waals surface area (Å²) in [5.41, 5.74) is 6.05. The van der Waals surface area contributed by atoms with Gasteiger partial charge >= 0.3 is 0 Å². The topological polar surface area (TPSA) is 58.3 Å². The van der Waals surface area contributed by atoms with Gasteiger partial charge in [-0.3, -0.25) is 0 Å². The van der Waals surface area contributed by atoms with E-state index in [2.05, 4.69) is 19.2 Å². The van der Waals surface area contributed by atoms with E-state index in [1.165, 1.54) is 44.9 Å². The van der Waals surface area contributed by atoms with Crippen molar-refractivity contribution in [2.75, 3.05) is 13.2 Å². The summed E-state index contributed by atoms with van der Waals surface area (Å²) >= 11 is 0. The van der Waals surface area contributed by atoms with Crippen LogP contribution in [0.5, 0.6) is 0 Å². The molecule has 1 aliphatic rings. The van der Waals surface area contributed by atoms with Crippen molar-refractivity contribution in [3.05, 3.63) is 0 Å². The number of nitrogens with two attached hydrogens (primary N) is 1. The molecule has 1 atom stereocenters. The standard InChI is InChI=1S/C16H34N2O/c1-3-16(4-2,15(17)13-19)18-12-14-10-8-6-5-7-9-11-14/h14-15,18-19H,3-13,17H2,1-2H3. The summed E-state index contributed by atoms with van der Waals surface area (Å²) in [6, 6.07) is -0.156. The Morgan fingerprint density at radius 3 is 2.11 bits per heavy atom. The minimum Gasteiger partial charge on any atom is -0.395 e. The van der Waals surface area contributed by atoms with Gasteiger partial charge in [-0.15, -0.1) is 0 Å². The van der Waals surface area contributed by atoms with Crippen LogP contribution in [0.25, 0.3) is 0 Å². The van der Waals surface area contributed by atoms with Crippen molar-refractivity contribution >= 4 is 0 Å². The highest BCUT2D eigenvalue weighted by Crippen LogP contribution is 2.24. The van der Waals surface area contributed by atoms with Gasteiger partial charge < -0.3 is 16.2 Å². The van der Waals surface area contributed by atoms with E-state index in [-0.39, 0.29) is 18.2 Å².